The van der Waals surface area contributed by atoms with Crippen molar-refractivity contribution in [2.45, 2.75) is 52.0 Å². The predicted molar refractivity (Wildman–Crippen MR) is 86.4 cm³/mol. The number of hydrogen-bond donors (Lipinski definition) is 1. The van der Waals surface area contributed by atoms with E-state index in [1.165, 1.54) is 35.7 Å². The van der Waals surface area contributed by atoms with Crippen molar-refractivity contribution in [1.29, 1.82) is 0 Å². The highest BCUT2D eigenvalue weighted by Crippen LogP contribution is 2.43. The average Bonchev–Trinajstić information content (AvgIpc) is 2.38. The molecule has 0 aromatic heterocycles. The molecule has 1 fully saturated rings. The maximum atomic E-state index is 3.68. The first-order valence-electron chi connectivity index (χ1n) is 7.45. The standard InChI is InChI=1S/C17H26BrN/c1-17(2)11-7-6-9-14(17)16(19-3)12-13-8-4-5-10-15(13)18/h4-5,8,10,14,16,19H,6-7,9,11-12H2,1-3H3. The van der Waals surface area contributed by atoms with Crippen molar-refractivity contribution in [3.63, 3.8) is 0 Å². The maximum Gasteiger partial charge on any atom is 0.0207 e. The average molecular weight is 324 g/mol. The summed E-state index contributed by atoms with van der Waals surface area (Å²) in [7, 11) is 2.12. The van der Waals surface area contributed by atoms with Gasteiger partial charge in [-0.1, -0.05) is 60.8 Å². The number of halogens is 1. The lowest BCUT2D eigenvalue weighted by Gasteiger charge is -2.43. The van der Waals surface area contributed by atoms with Crippen LogP contribution in [0.1, 0.15) is 45.1 Å². The van der Waals surface area contributed by atoms with Gasteiger partial charge in [0.1, 0.15) is 0 Å². The Kier molecular flexibility index (Phi) is 5.08. The van der Waals surface area contributed by atoms with Crippen LogP contribution in [0, 0.1) is 11.3 Å². The monoisotopic (exact) mass is 323 g/mol. The molecule has 0 saturated heterocycles. The predicted octanol–water partition coefficient (Wildman–Crippen LogP) is 4.80. The molecule has 1 aromatic carbocycles. The van der Waals surface area contributed by atoms with Crippen LogP contribution >= 0.6 is 15.9 Å². The third-order valence-corrected chi connectivity index (χ3v) is 5.62. The Labute approximate surface area is 126 Å². The third-order valence-electron chi connectivity index (χ3n) is 4.84. The largest absolute Gasteiger partial charge is 0.316 e. The van der Waals surface area contributed by atoms with E-state index in [2.05, 4.69) is 66.4 Å². The Bertz CT molecular complexity index is 413. The van der Waals surface area contributed by atoms with Crippen LogP contribution in [0.25, 0.3) is 0 Å². The highest BCUT2D eigenvalue weighted by atomic mass is 79.9. The second-order valence-corrected chi connectivity index (χ2v) is 7.39. The van der Waals surface area contributed by atoms with Crippen molar-refractivity contribution in [1.82, 2.24) is 5.32 Å². The molecule has 0 bridgehead atoms. The number of nitrogens with one attached hydrogen (secondary N) is 1. The molecule has 0 heterocycles. The molecular formula is C17H26BrN. The topological polar surface area (TPSA) is 12.0 Å². The van der Waals surface area contributed by atoms with Crippen LogP contribution in [0.4, 0.5) is 0 Å². The van der Waals surface area contributed by atoms with E-state index < -0.39 is 0 Å². The summed E-state index contributed by atoms with van der Waals surface area (Å²) in [5, 5.41) is 3.58. The molecule has 0 spiro atoms. The molecule has 1 saturated carbocycles. The van der Waals surface area contributed by atoms with Crippen LogP contribution < -0.4 is 5.32 Å². The quantitative estimate of drug-likeness (QED) is 0.839. The summed E-state index contributed by atoms with van der Waals surface area (Å²) in [6.45, 7) is 4.89. The number of rotatable bonds is 4. The van der Waals surface area contributed by atoms with Gasteiger partial charge in [-0.15, -0.1) is 0 Å². The fraction of sp³-hybridized carbons (Fsp3) is 0.647. The number of likely N-dealkylation sites (N-methyl/N-ethyl adjacent to an activating group) is 1. The minimum atomic E-state index is 0.465. The van der Waals surface area contributed by atoms with E-state index in [0.29, 0.717) is 11.5 Å². The van der Waals surface area contributed by atoms with Gasteiger partial charge in [0.25, 0.3) is 0 Å². The summed E-state index contributed by atoms with van der Waals surface area (Å²) in [5.41, 5.74) is 1.89. The van der Waals surface area contributed by atoms with Crippen molar-refractivity contribution in [3.05, 3.63) is 34.3 Å². The van der Waals surface area contributed by atoms with Crippen LogP contribution in [0.2, 0.25) is 0 Å². The van der Waals surface area contributed by atoms with Crippen molar-refractivity contribution in [3.8, 4) is 0 Å². The van der Waals surface area contributed by atoms with Crippen molar-refractivity contribution >= 4 is 15.9 Å². The Morgan fingerprint density at radius 2 is 2.05 bits per heavy atom. The smallest absolute Gasteiger partial charge is 0.0207 e. The molecule has 2 unspecified atom stereocenters. The van der Waals surface area contributed by atoms with E-state index >= 15 is 0 Å². The van der Waals surface area contributed by atoms with Crippen molar-refractivity contribution < 1.29 is 0 Å². The van der Waals surface area contributed by atoms with E-state index in [1.54, 1.807) is 0 Å². The van der Waals surface area contributed by atoms with Crippen LogP contribution in [0.15, 0.2) is 28.7 Å². The summed E-state index contributed by atoms with van der Waals surface area (Å²) in [6, 6.07) is 9.19. The first kappa shape index (κ1) is 15.1. The molecule has 2 heteroatoms. The molecule has 2 atom stereocenters. The van der Waals surface area contributed by atoms with E-state index in [0.717, 1.165) is 12.3 Å². The summed E-state index contributed by atoms with van der Waals surface area (Å²) in [5.74, 6) is 0.776. The normalized spacial score (nSPS) is 24.1. The van der Waals surface area contributed by atoms with E-state index in [-0.39, 0.29) is 0 Å². The highest BCUT2D eigenvalue weighted by Gasteiger charge is 2.36. The Morgan fingerprint density at radius 3 is 2.68 bits per heavy atom. The molecule has 0 amide bonds. The Morgan fingerprint density at radius 1 is 1.32 bits per heavy atom. The summed E-state index contributed by atoms with van der Waals surface area (Å²) in [6.07, 6.45) is 6.64. The third kappa shape index (κ3) is 3.61. The summed E-state index contributed by atoms with van der Waals surface area (Å²) < 4.78 is 1.24. The minimum Gasteiger partial charge on any atom is -0.316 e. The van der Waals surface area contributed by atoms with E-state index in [1.807, 2.05) is 0 Å². The van der Waals surface area contributed by atoms with Crippen molar-refractivity contribution in [2.75, 3.05) is 7.05 Å². The molecular weight excluding hydrogens is 298 g/mol. The zero-order chi connectivity index (χ0) is 13.9. The molecule has 0 radical (unpaired) electrons. The van der Waals surface area contributed by atoms with Crippen LogP contribution in [-0.2, 0) is 6.42 Å². The molecule has 0 aliphatic heterocycles. The fourth-order valence-corrected chi connectivity index (χ4v) is 4.06. The van der Waals surface area contributed by atoms with Gasteiger partial charge in [0.05, 0.1) is 0 Å². The lowest BCUT2D eigenvalue weighted by molar-refractivity contribution is 0.101. The molecule has 106 valence electrons. The van der Waals surface area contributed by atoms with Crippen LogP contribution in [-0.4, -0.2) is 13.1 Å². The van der Waals surface area contributed by atoms with E-state index in [4.69, 9.17) is 0 Å². The lowest BCUT2D eigenvalue weighted by Crippen LogP contribution is -2.44. The first-order valence-corrected chi connectivity index (χ1v) is 8.24. The molecule has 1 N–H and O–H groups in total. The van der Waals surface area contributed by atoms with Crippen LogP contribution in [0.3, 0.4) is 0 Å². The molecule has 19 heavy (non-hydrogen) atoms. The van der Waals surface area contributed by atoms with Gasteiger partial charge in [-0.25, -0.2) is 0 Å². The van der Waals surface area contributed by atoms with Crippen molar-refractivity contribution in [2.24, 2.45) is 11.3 Å². The first-order chi connectivity index (χ1) is 9.04. The lowest BCUT2D eigenvalue weighted by atomic mass is 9.65. The minimum absolute atomic E-state index is 0.465. The fourth-order valence-electron chi connectivity index (χ4n) is 3.61. The maximum absolute atomic E-state index is 3.68. The molecule has 1 aromatic rings. The second kappa shape index (κ2) is 6.41. The van der Waals surface area contributed by atoms with Gasteiger partial charge < -0.3 is 5.32 Å². The van der Waals surface area contributed by atoms with Gasteiger partial charge in [0.15, 0.2) is 0 Å². The second-order valence-electron chi connectivity index (χ2n) is 6.53. The summed E-state index contributed by atoms with van der Waals surface area (Å²) >= 11 is 3.68. The Balaban J connectivity index is 2.14. The molecule has 1 nitrogen and oxygen atoms in total. The van der Waals surface area contributed by atoms with Gasteiger partial charge >= 0.3 is 0 Å². The zero-order valence-electron chi connectivity index (χ0n) is 12.4. The van der Waals surface area contributed by atoms with Crippen LogP contribution in [0.5, 0.6) is 0 Å². The van der Waals surface area contributed by atoms with Gasteiger partial charge in [-0.05, 0) is 49.3 Å². The van der Waals surface area contributed by atoms with Gasteiger partial charge in [0, 0.05) is 10.5 Å². The zero-order valence-corrected chi connectivity index (χ0v) is 14.0. The highest BCUT2D eigenvalue weighted by molar-refractivity contribution is 9.10. The molecule has 1 aliphatic rings. The molecule has 1 aliphatic carbocycles. The van der Waals surface area contributed by atoms with Gasteiger partial charge in [0.2, 0.25) is 0 Å². The number of benzene rings is 1. The van der Waals surface area contributed by atoms with Gasteiger partial charge in [-0.2, -0.15) is 0 Å². The number of hydrogen-bond acceptors (Lipinski definition) is 1. The summed E-state index contributed by atoms with van der Waals surface area (Å²) in [4.78, 5) is 0. The Hall–Kier alpha value is -0.340. The SMILES string of the molecule is CNC(Cc1ccccc1Br)C1CCCCC1(C)C. The van der Waals surface area contributed by atoms with E-state index in [9.17, 15) is 0 Å². The molecule has 2 rings (SSSR count). The van der Waals surface area contributed by atoms with Gasteiger partial charge in [-0.3, -0.25) is 0 Å².